The Balaban J connectivity index is 3.22. The third-order valence-corrected chi connectivity index (χ3v) is 2.32. The monoisotopic (exact) mass is 246 g/mol. The van der Waals surface area contributed by atoms with Crippen LogP contribution in [0.4, 0.5) is 13.2 Å². The van der Waals surface area contributed by atoms with Crippen LogP contribution in [0.2, 0.25) is 0 Å². The Labute approximate surface area is 97.4 Å². The van der Waals surface area contributed by atoms with E-state index in [4.69, 9.17) is 4.74 Å². The van der Waals surface area contributed by atoms with Crippen LogP contribution < -0.4 is 0 Å². The van der Waals surface area contributed by atoms with Gasteiger partial charge in [0.2, 0.25) is 5.60 Å². The van der Waals surface area contributed by atoms with Gasteiger partial charge in [-0.15, -0.1) is 0 Å². The molecule has 0 N–H and O–H groups in total. The second kappa shape index (κ2) is 5.31. The molecule has 0 saturated heterocycles. The number of carbonyl (C=O) groups excluding carboxylic acids is 1. The van der Waals surface area contributed by atoms with Crippen LogP contribution in [0.25, 0.3) is 0 Å². The van der Waals surface area contributed by atoms with Crippen molar-refractivity contribution in [3.05, 3.63) is 35.9 Å². The minimum absolute atomic E-state index is 0.132. The van der Waals surface area contributed by atoms with Gasteiger partial charge in [0.25, 0.3) is 0 Å². The van der Waals surface area contributed by atoms with Crippen molar-refractivity contribution in [1.82, 2.24) is 0 Å². The highest BCUT2D eigenvalue weighted by atomic mass is 19.4. The highest BCUT2D eigenvalue weighted by Crippen LogP contribution is 2.40. The lowest BCUT2D eigenvalue weighted by Crippen LogP contribution is -2.46. The van der Waals surface area contributed by atoms with E-state index in [0.717, 1.165) is 0 Å². The van der Waals surface area contributed by atoms with Crippen molar-refractivity contribution < 1.29 is 22.7 Å². The number of ether oxygens (including phenoxy) is 1. The van der Waals surface area contributed by atoms with Crippen LogP contribution in [-0.2, 0) is 15.1 Å². The summed E-state index contributed by atoms with van der Waals surface area (Å²) < 4.78 is 43.9. The molecule has 1 atom stereocenters. The van der Waals surface area contributed by atoms with Gasteiger partial charge in [0.15, 0.2) is 6.29 Å². The zero-order valence-corrected chi connectivity index (χ0v) is 9.33. The van der Waals surface area contributed by atoms with Crippen LogP contribution in [0.15, 0.2) is 30.3 Å². The van der Waals surface area contributed by atoms with Crippen molar-refractivity contribution in [2.75, 3.05) is 6.61 Å². The maximum absolute atomic E-state index is 13.0. The normalized spacial score (nSPS) is 15.3. The van der Waals surface area contributed by atoms with Gasteiger partial charge in [-0.2, -0.15) is 13.2 Å². The van der Waals surface area contributed by atoms with E-state index >= 15 is 0 Å². The zero-order chi connectivity index (χ0) is 12.9. The van der Waals surface area contributed by atoms with Gasteiger partial charge >= 0.3 is 6.18 Å². The summed E-state index contributed by atoms with van der Waals surface area (Å²) in [7, 11) is 0. The molecule has 94 valence electrons. The Kier molecular flexibility index (Phi) is 4.28. The van der Waals surface area contributed by atoms with Crippen LogP contribution in [0.3, 0.4) is 0 Å². The summed E-state index contributed by atoms with van der Waals surface area (Å²) >= 11 is 0. The second-order valence-electron chi connectivity index (χ2n) is 3.57. The van der Waals surface area contributed by atoms with E-state index in [9.17, 15) is 18.0 Å². The molecule has 0 aliphatic carbocycles. The molecule has 0 heterocycles. The third-order valence-electron chi connectivity index (χ3n) is 2.32. The topological polar surface area (TPSA) is 26.3 Å². The second-order valence-corrected chi connectivity index (χ2v) is 3.57. The summed E-state index contributed by atoms with van der Waals surface area (Å²) in [5, 5.41) is 0. The quantitative estimate of drug-likeness (QED) is 0.746. The average molecular weight is 246 g/mol. The summed E-state index contributed by atoms with van der Waals surface area (Å²) in [5.74, 6) is 0. The lowest BCUT2D eigenvalue weighted by molar-refractivity contribution is -0.266. The number of hydrogen-bond acceptors (Lipinski definition) is 2. The van der Waals surface area contributed by atoms with Gasteiger partial charge < -0.3 is 4.74 Å². The first-order valence-electron chi connectivity index (χ1n) is 5.20. The highest BCUT2D eigenvalue weighted by Gasteiger charge is 2.57. The van der Waals surface area contributed by atoms with Crippen LogP contribution >= 0.6 is 0 Å². The van der Waals surface area contributed by atoms with E-state index in [-0.39, 0.29) is 18.5 Å². The molecule has 0 radical (unpaired) electrons. The van der Waals surface area contributed by atoms with E-state index in [0.29, 0.717) is 6.42 Å². The molecule has 1 rings (SSSR count). The fourth-order valence-corrected chi connectivity index (χ4v) is 1.45. The van der Waals surface area contributed by atoms with Crippen molar-refractivity contribution in [3.8, 4) is 0 Å². The summed E-state index contributed by atoms with van der Waals surface area (Å²) in [6.07, 6.45) is -4.55. The first kappa shape index (κ1) is 13.7. The summed E-state index contributed by atoms with van der Waals surface area (Å²) in [6.45, 7) is 1.55. The molecule has 0 fully saturated rings. The highest BCUT2D eigenvalue weighted by molar-refractivity contribution is 5.67. The summed E-state index contributed by atoms with van der Waals surface area (Å²) in [5.41, 5.74) is -3.06. The first-order chi connectivity index (χ1) is 7.98. The number of rotatable bonds is 5. The van der Waals surface area contributed by atoms with Crippen molar-refractivity contribution in [3.63, 3.8) is 0 Å². The average Bonchev–Trinajstić information content (AvgIpc) is 2.30. The molecular formula is C12H13F3O2. The molecular weight excluding hydrogens is 233 g/mol. The van der Waals surface area contributed by atoms with Crippen molar-refractivity contribution in [2.45, 2.75) is 25.1 Å². The number of benzene rings is 1. The maximum Gasteiger partial charge on any atom is 0.428 e. The van der Waals surface area contributed by atoms with Gasteiger partial charge in [0.1, 0.15) is 0 Å². The van der Waals surface area contributed by atoms with Crippen molar-refractivity contribution >= 4 is 6.29 Å². The first-order valence-corrected chi connectivity index (χ1v) is 5.20. The molecule has 0 aliphatic rings. The SMILES string of the molecule is CCCOC(C=O)(c1ccccc1)C(F)(F)F. The van der Waals surface area contributed by atoms with Gasteiger partial charge in [0, 0.05) is 12.2 Å². The van der Waals surface area contributed by atoms with E-state index in [2.05, 4.69) is 0 Å². The third kappa shape index (κ3) is 2.66. The Bertz CT molecular complexity index is 362. The van der Waals surface area contributed by atoms with E-state index in [1.807, 2.05) is 0 Å². The van der Waals surface area contributed by atoms with Crippen molar-refractivity contribution in [2.24, 2.45) is 0 Å². The van der Waals surface area contributed by atoms with E-state index < -0.39 is 11.8 Å². The Morgan fingerprint density at radius 1 is 1.24 bits per heavy atom. The van der Waals surface area contributed by atoms with Gasteiger partial charge in [-0.1, -0.05) is 37.3 Å². The Morgan fingerprint density at radius 3 is 2.24 bits per heavy atom. The van der Waals surface area contributed by atoms with Gasteiger partial charge in [-0.25, -0.2) is 0 Å². The van der Waals surface area contributed by atoms with Crippen LogP contribution in [0.5, 0.6) is 0 Å². The number of carbonyl (C=O) groups is 1. The minimum atomic E-state index is -4.77. The number of alkyl halides is 3. The lowest BCUT2D eigenvalue weighted by Gasteiger charge is -2.30. The Hall–Kier alpha value is -1.36. The van der Waals surface area contributed by atoms with Gasteiger partial charge in [-0.3, -0.25) is 4.79 Å². The number of halogens is 3. The van der Waals surface area contributed by atoms with Crippen LogP contribution in [0.1, 0.15) is 18.9 Å². The molecule has 2 nitrogen and oxygen atoms in total. The number of hydrogen-bond donors (Lipinski definition) is 0. The van der Waals surface area contributed by atoms with Crippen molar-refractivity contribution in [1.29, 1.82) is 0 Å². The molecule has 1 aromatic carbocycles. The molecule has 0 bridgehead atoms. The molecule has 0 amide bonds. The largest absolute Gasteiger partial charge is 0.428 e. The summed E-state index contributed by atoms with van der Waals surface area (Å²) in [4.78, 5) is 10.9. The lowest BCUT2D eigenvalue weighted by atomic mass is 9.94. The maximum atomic E-state index is 13.0. The smallest absolute Gasteiger partial charge is 0.355 e. The predicted molar refractivity (Wildman–Crippen MR) is 56.5 cm³/mol. The number of aldehydes is 1. The fourth-order valence-electron chi connectivity index (χ4n) is 1.45. The van der Waals surface area contributed by atoms with E-state index in [1.54, 1.807) is 13.0 Å². The minimum Gasteiger partial charge on any atom is -0.355 e. The van der Waals surface area contributed by atoms with Gasteiger partial charge in [-0.05, 0) is 6.42 Å². The van der Waals surface area contributed by atoms with Gasteiger partial charge in [0.05, 0.1) is 0 Å². The standard InChI is InChI=1S/C12H13F3O2/c1-2-8-17-11(9-16,12(13,14)15)10-6-4-3-5-7-10/h3-7,9H,2,8H2,1H3. The molecule has 0 aromatic heterocycles. The molecule has 1 aromatic rings. The zero-order valence-electron chi connectivity index (χ0n) is 9.33. The molecule has 5 heteroatoms. The Morgan fingerprint density at radius 2 is 1.82 bits per heavy atom. The molecule has 1 unspecified atom stereocenters. The van der Waals surface area contributed by atoms with Crippen LogP contribution in [0, 0.1) is 0 Å². The summed E-state index contributed by atoms with van der Waals surface area (Å²) in [6, 6.07) is 6.92. The molecule has 0 spiro atoms. The molecule has 0 saturated carbocycles. The molecule has 17 heavy (non-hydrogen) atoms. The van der Waals surface area contributed by atoms with E-state index in [1.165, 1.54) is 24.3 Å². The van der Waals surface area contributed by atoms with Crippen LogP contribution in [-0.4, -0.2) is 19.1 Å². The molecule has 0 aliphatic heterocycles. The predicted octanol–water partition coefficient (Wildman–Crippen LogP) is 3.07. The fraction of sp³-hybridized carbons (Fsp3) is 0.417.